The van der Waals surface area contributed by atoms with Crippen LogP contribution in [0.2, 0.25) is 0 Å². The average Bonchev–Trinajstić information content (AvgIpc) is 2.28. The minimum absolute atomic E-state index is 0.289. The Morgan fingerprint density at radius 3 is 3.18 bits per heavy atom. The van der Waals surface area contributed by atoms with Gasteiger partial charge in [0.2, 0.25) is 0 Å². The molecule has 0 amide bonds. The highest BCUT2D eigenvalue weighted by atomic mass is 16.3. The van der Waals surface area contributed by atoms with Crippen molar-refractivity contribution < 1.29 is 5.11 Å². The van der Waals surface area contributed by atoms with E-state index in [0.29, 0.717) is 6.61 Å². The second-order valence-electron chi connectivity index (χ2n) is 4.46. The average molecular weight is 155 g/mol. The molecular weight excluding hydrogens is 138 g/mol. The zero-order valence-corrected chi connectivity index (χ0v) is 7.21. The molecule has 1 saturated heterocycles. The zero-order chi connectivity index (χ0) is 7.90. The molecule has 0 spiro atoms. The summed E-state index contributed by atoms with van der Waals surface area (Å²) in [6.45, 7) is 2.76. The van der Waals surface area contributed by atoms with Crippen molar-refractivity contribution in [3.63, 3.8) is 0 Å². The molecule has 2 heteroatoms. The third-order valence-electron chi connectivity index (χ3n) is 3.32. The highest BCUT2D eigenvalue weighted by Crippen LogP contribution is 2.45. The summed E-state index contributed by atoms with van der Waals surface area (Å²) in [5, 5.41) is 9.26. The molecule has 1 unspecified atom stereocenters. The van der Waals surface area contributed by atoms with Crippen molar-refractivity contribution in [1.29, 1.82) is 0 Å². The topological polar surface area (TPSA) is 23.5 Å². The molecule has 1 aliphatic carbocycles. The molecule has 1 heterocycles. The van der Waals surface area contributed by atoms with Gasteiger partial charge in [0.25, 0.3) is 0 Å². The molecule has 2 rings (SSSR count). The fourth-order valence-corrected chi connectivity index (χ4v) is 2.90. The maximum atomic E-state index is 9.26. The lowest BCUT2D eigenvalue weighted by atomic mass is 9.83. The Kier molecular flexibility index (Phi) is 1.69. The zero-order valence-electron chi connectivity index (χ0n) is 7.21. The van der Waals surface area contributed by atoms with E-state index in [0.717, 1.165) is 12.5 Å². The van der Waals surface area contributed by atoms with Crippen LogP contribution < -0.4 is 0 Å². The second-order valence-corrected chi connectivity index (χ2v) is 4.46. The summed E-state index contributed by atoms with van der Waals surface area (Å²) in [5.74, 6) is 0.876. The van der Waals surface area contributed by atoms with Gasteiger partial charge in [-0.1, -0.05) is 0 Å². The molecule has 1 saturated carbocycles. The van der Waals surface area contributed by atoms with Gasteiger partial charge < -0.3 is 10.0 Å². The molecule has 0 aromatic rings. The monoisotopic (exact) mass is 155 g/mol. The molecule has 0 aromatic carbocycles. The van der Waals surface area contributed by atoms with Crippen molar-refractivity contribution >= 4 is 0 Å². The van der Waals surface area contributed by atoms with Gasteiger partial charge in [-0.2, -0.15) is 0 Å². The predicted octanol–water partition coefficient (Wildman–Crippen LogP) is 0.711. The standard InChI is InChI=1S/C9H17NO/c1-10-5-8-2-3-9(4-8,6-10)7-11/h8,11H,2-7H2,1H3/t8?,9-/m0/s1. The number of aliphatic hydroxyl groups is 1. The van der Waals surface area contributed by atoms with Crippen LogP contribution in [0.15, 0.2) is 0 Å². The van der Waals surface area contributed by atoms with Crippen molar-refractivity contribution in [2.75, 3.05) is 26.7 Å². The van der Waals surface area contributed by atoms with E-state index in [1.165, 1.54) is 25.8 Å². The third kappa shape index (κ3) is 1.18. The van der Waals surface area contributed by atoms with Crippen LogP contribution in [0.3, 0.4) is 0 Å². The molecule has 0 aromatic heterocycles. The van der Waals surface area contributed by atoms with Crippen molar-refractivity contribution in [1.82, 2.24) is 4.90 Å². The molecule has 0 radical (unpaired) electrons. The Labute approximate surface area is 68.2 Å². The number of hydrogen-bond donors (Lipinski definition) is 1. The summed E-state index contributed by atoms with van der Waals surface area (Å²) in [6, 6.07) is 0. The molecule has 2 aliphatic rings. The summed E-state index contributed by atoms with van der Waals surface area (Å²) in [4.78, 5) is 2.37. The van der Waals surface area contributed by atoms with Crippen molar-refractivity contribution in [3.05, 3.63) is 0 Å². The van der Waals surface area contributed by atoms with Crippen LogP contribution in [-0.4, -0.2) is 36.8 Å². The quantitative estimate of drug-likeness (QED) is 0.603. The number of hydrogen-bond acceptors (Lipinski definition) is 2. The minimum Gasteiger partial charge on any atom is -0.396 e. The van der Waals surface area contributed by atoms with Crippen LogP contribution in [0.1, 0.15) is 19.3 Å². The first-order chi connectivity index (χ1) is 5.24. The van der Waals surface area contributed by atoms with E-state index in [2.05, 4.69) is 11.9 Å². The predicted molar refractivity (Wildman–Crippen MR) is 44.4 cm³/mol. The van der Waals surface area contributed by atoms with Crippen molar-refractivity contribution in [2.45, 2.75) is 19.3 Å². The maximum absolute atomic E-state index is 9.26. The second kappa shape index (κ2) is 2.46. The number of fused-ring (bicyclic) bond motifs is 2. The van der Waals surface area contributed by atoms with Crippen molar-refractivity contribution in [3.8, 4) is 0 Å². The van der Waals surface area contributed by atoms with Crippen LogP contribution in [0.4, 0.5) is 0 Å². The van der Waals surface area contributed by atoms with E-state index < -0.39 is 0 Å². The van der Waals surface area contributed by atoms with Gasteiger partial charge in [0.1, 0.15) is 0 Å². The fraction of sp³-hybridized carbons (Fsp3) is 1.00. The highest BCUT2D eigenvalue weighted by molar-refractivity contribution is 4.95. The highest BCUT2D eigenvalue weighted by Gasteiger charge is 2.43. The van der Waals surface area contributed by atoms with E-state index >= 15 is 0 Å². The normalized spacial score (nSPS) is 44.7. The molecule has 2 atom stereocenters. The minimum atomic E-state index is 0.289. The first-order valence-electron chi connectivity index (χ1n) is 4.53. The summed E-state index contributed by atoms with van der Waals surface area (Å²) < 4.78 is 0. The van der Waals surface area contributed by atoms with Gasteiger partial charge in [-0.3, -0.25) is 0 Å². The lowest BCUT2D eigenvalue weighted by Gasteiger charge is -2.37. The Morgan fingerprint density at radius 2 is 2.45 bits per heavy atom. The van der Waals surface area contributed by atoms with Gasteiger partial charge in [-0.15, -0.1) is 0 Å². The smallest absolute Gasteiger partial charge is 0.0499 e. The molecule has 1 aliphatic heterocycles. The van der Waals surface area contributed by atoms with Crippen LogP contribution in [0.25, 0.3) is 0 Å². The summed E-state index contributed by atoms with van der Waals surface area (Å²) in [5.41, 5.74) is 0.289. The molecule has 1 N–H and O–H groups in total. The number of aliphatic hydroxyl groups excluding tert-OH is 1. The number of rotatable bonds is 1. The summed E-state index contributed by atoms with van der Waals surface area (Å²) >= 11 is 0. The number of nitrogens with zero attached hydrogens (tertiary/aromatic N) is 1. The van der Waals surface area contributed by atoms with Gasteiger partial charge in [-0.05, 0) is 32.2 Å². The van der Waals surface area contributed by atoms with Gasteiger partial charge in [0.05, 0.1) is 0 Å². The largest absolute Gasteiger partial charge is 0.396 e. The molecule has 2 nitrogen and oxygen atoms in total. The SMILES string of the molecule is CN1CC2CC[C@](CO)(C2)C1. The number of piperidine rings is 1. The Bertz CT molecular complexity index is 160. The van der Waals surface area contributed by atoms with E-state index in [4.69, 9.17) is 0 Å². The maximum Gasteiger partial charge on any atom is 0.0499 e. The molecule has 64 valence electrons. The first kappa shape index (κ1) is 7.56. The lowest BCUT2D eigenvalue weighted by Crippen LogP contribution is -2.42. The Morgan fingerprint density at radius 1 is 1.64 bits per heavy atom. The van der Waals surface area contributed by atoms with E-state index in [-0.39, 0.29) is 5.41 Å². The van der Waals surface area contributed by atoms with Crippen LogP contribution in [0, 0.1) is 11.3 Å². The Hall–Kier alpha value is -0.0800. The van der Waals surface area contributed by atoms with Gasteiger partial charge in [0.15, 0.2) is 0 Å². The first-order valence-corrected chi connectivity index (χ1v) is 4.53. The summed E-state index contributed by atoms with van der Waals surface area (Å²) in [6.07, 6.45) is 3.86. The summed E-state index contributed by atoms with van der Waals surface area (Å²) in [7, 11) is 2.17. The number of likely N-dealkylation sites (tertiary alicyclic amines) is 1. The molecule has 2 bridgehead atoms. The van der Waals surface area contributed by atoms with Crippen LogP contribution >= 0.6 is 0 Å². The third-order valence-corrected chi connectivity index (χ3v) is 3.32. The lowest BCUT2D eigenvalue weighted by molar-refractivity contribution is 0.0561. The molecule has 11 heavy (non-hydrogen) atoms. The van der Waals surface area contributed by atoms with E-state index in [1.807, 2.05) is 0 Å². The van der Waals surface area contributed by atoms with Crippen molar-refractivity contribution in [2.24, 2.45) is 11.3 Å². The fourth-order valence-electron chi connectivity index (χ4n) is 2.90. The van der Waals surface area contributed by atoms with E-state index in [9.17, 15) is 5.11 Å². The van der Waals surface area contributed by atoms with Gasteiger partial charge >= 0.3 is 0 Å². The Balaban J connectivity index is 2.12. The van der Waals surface area contributed by atoms with Crippen LogP contribution in [0.5, 0.6) is 0 Å². The molecule has 2 fully saturated rings. The van der Waals surface area contributed by atoms with Gasteiger partial charge in [0, 0.05) is 25.1 Å². The van der Waals surface area contributed by atoms with Gasteiger partial charge in [-0.25, -0.2) is 0 Å². The van der Waals surface area contributed by atoms with Crippen LogP contribution in [-0.2, 0) is 0 Å². The van der Waals surface area contributed by atoms with E-state index in [1.54, 1.807) is 0 Å². The molecular formula is C9H17NO.